The van der Waals surface area contributed by atoms with Crippen molar-refractivity contribution in [3.8, 4) is 5.75 Å². The molecule has 27 heavy (non-hydrogen) atoms. The highest BCUT2D eigenvalue weighted by Crippen LogP contribution is 2.13. The van der Waals surface area contributed by atoms with Gasteiger partial charge in [0.05, 0.1) is 18.4 Å². The molecule has 0 spiro atoms. The van der Waals surface area contributed by atoms with Gasteiger partial charge in [0.1, 0.15) is 11.6 Å². The molecule has 0 atom stereocenters. The smallest absolute Gasteiger partial charge is 0.387 e. The quantitative estimate of drug-likeness (QED) is 0.662. The van der Waals surface area contributed by atoms with Crippen LogP contribution in [-0.4, -0.2) is 27.7 Å². The number of ether oxygens (including phenoxy) is 1. The van der Waals surface area contributed by atoms with Gasteiger partial charge in [-0.15, -0.1) is 10.2 Å². The first-order chi connectivity index (χ1) is 13.1. The molecule has 0 fully saturated rings. The summed E-state index contributed by atoms with van der Waals surface area (Å²) in [6.45, 7) is -2.58. The third-order valence-corrected chi connectivity index (χ3v) is 3.40. The summed E-state index contributed by atoms with van der Waals surface area (Å²) in [6, 6.07) is 15.1. The minimum atomic E-state index is -2.89. The highest BCUT2D eigenvalue weighted by Gasteiger charge is 2.09. The number of amides is 1. The van der Waals surface area contributed by atoms with E-state index in [2.05, 4.69) is 30.6 Å². The summed E-state index contributed by atoms with van der Waals surface area (Å²) in [5.74, 6) is 0.0693. The van der Waals surface area contributed by atoms with Crippen LogP contribution in [0, 0.1) is 0 Å². The second kappa shape index (κ2) is 8.65. The number of halogens is 2. The second-order valence-electron chi connectivity index (χ2n) is 5.34. The zero-order valence-corrected chi connectivity index (χ0v) is 14.0. The molecule has 2 aromatic heterocycles. The summed E-state index contributed by atoms with van der Waals surface area (Å²) in [7, 11) is 0. The highest BCUT2D eigenvalue weighted by atomic mass is 19.3. The van der Waals surface area contributed by atoms with Gasteiger partial charge < -0.3 is 15.4 Å². The Hall–Kier alpha value is -3.62. The van der Waals surface area contributed by atoms with E-state index in [4.69, 9.17) is 0 Å². The van der Waals surface area contributed by atoms with Gasteiger partial charge in [0.2, 0.25) is 0 Å². The van der Waals surface area contributed by atoms with E-state index < -0.39 is 6.61 Å². The van der Waals surface area contributed by atoms with Gasteiger partial charge in [-0.3, -0.25) is 9.78 Å². The summed E-state index contributed by atoms with van der Waals surface area (Å²) in [5.41, 5.74) is 1.44. The van der Waals surface area contributed by atoms with E-state index in [1.54, 1.807) is 30.3 Å². The second-order valence-corrected chi connectivity index (χ2v) is 5.34. The zero-order valence-electron chi connectivity index (χ0n) is 14.0. The van der Waals surface area contributed by atoms with E-state index in [0.717, 1.165) is 0 Å². The van der Waals surface area contributed by atoms with Crippen LogP contribution < -0.4 is 15.4 Å². The van der Waals surface area contributed by atoms with Gasteiger partial charge in [-0.25, -0.2) is 0 Å². The van der Waals surface area contributed by atoms with Gasteiger partial charge in [-0.05, 0) is 36.4 Å². The first kappa shape index (κ1) is 18.2. The van der Waals surface area contributed by atoms with Crippen LogP contribution in [0.2, 0.25) is 0 Å². The third kappa shape index (κ3) is 5.43. The van der Waals surface area contributed by atoms with E-state index >= 15 is 0 Å². The van der Waals surface area contributed by atoms with Crippen LogP contribution in [0.25, 0.3) is 0 Å². The molecular formula is C18H15F2N5O2. The van der Waals surface area contributed by atoms with Crippen molar-refractivity contribution in [2.45, 2.75) is 13.2 Å². The van der Waals surface area contributed by atoms with Crippen molar-refractivity contribution in [3.63, 3.8) is 0 Å². The molecule has 1 amide bonds. The summed E-state index contributed by atoms with van der Waals surface area (Å²) >= 11 is 0. The van der Waals surface area contributed by atoms with Crippen molar-refractivity contribution in [1.82, 2.24) is 15.2 Å². The van der Waals surface area contributed by atoms with Crippen LogP contribution in [0.1, 0.15) is 16.2 Å². The number of hydrogen-bond donors (Lipinski definition) is 2. The van der Waals surface area contributed by atoms with Crippen molar-refractivity contribution in [2.24, 2.45) is 0 Å². The topological polar surface area (TPSA) is 89.0 Å². The SMILES string of the molecule is O=C(Nc1ccccc1)c1ccc(NCc2ccc(OC(F)F)cn2)nn1. The molecule has 3 aromatic rings. The lowest BCUT2D eigenvalue weighted by atomic mass is 10.3. The molecule has 0 unspecified atom stereocenters. The van der Waals surface area contributed by atoms with Crippen LogP contribution in [0.3, 0.4) is 0 Å². The molecule has 0 radical (unpaired) electrons. The van der Waals surface area contributed by atoms with Crippen LogP contribution in [0.5, 0.6) is 5.75 Å². The lowest BCUT2D eigenvalue weighted by Crippen LogP contribution is -2.14. The Kier molecular flexibility index (Phi) is 5.83. The van der Waals surface area contributed by atoms with Crippen LogP contribution >= 0.6 is 0 Å². The standard InChI is InChI=1S/C18H15F2N5O2/c19-18(20)27-14-7-6-13(21-11-14)10-22-16-9-8-15(24-25-16)17(26)23-12-4-2-1-3-5-12/h1-9,11,18H,10H2,(H,22,25)(H,23,26). The number of para-hydroxylation sites is 1. The molecule has 7 nitrogen and oxygen atoms in total. The average molecular weight is 371 g/mol. The normalized spacial score (nSPS) is 10.5. The van der Waals surface area contributed by atoms with Crippen LogP contribution in [0.4, 0.5) is 20.3 Å². The van der Waals surface area contributed by atoms with Gasteiger partial charge in [0, 0.05) is 5.69 Å². The molecule has 138 valence electrons. The van der Waals surface area contributed by atoms with Gasteiger partial charge in [0.25, 0.3) is 5.91 Å². The molecule has 0 aliphatic heterocycles. The number of nitrogens with zero attached hydrogens (tertiary/aromatic N) is 3. The molecule has 0 aliphatic carbocycles. The lowest BCUT2D eigenvalue weighted by Gasteiger charge is -2.07. The minimum absolute atomic E-state index is 0.0117. The average Bonchev–Trinajstić information content (AvgIpc) is 2.68. The van der Waals surface area contributed by atoms with Crippen LogP contribution in [-0.2, 0) is 6.54 Å². The van der Waals surface area contributed by atoms with Crippen molar-refractivity contribution in [3.05, 3.63) is 72.2 Å². The van der Waals surface area contributed by atoms with Crippen molar-refractivity contribution >= 4 is 17.4 Å². The number of pyridine rings is 1. The van der Waals surface area contributed by atoms with E-state index in [1.807, 2.05) is 18.2 Å². The molecule has 9 heteroatoms. The fraction of sp³-hybridized carbons (Fsp3) is 0.111. The predicted octanol–water partition coefficient (Wildman–Crippen LogP) is 3.34. The van der Waals surface area contributed by atoms with E-state index in [1.165, 1.54) is 12.3 Å². The first-order valence-electron chi connectivity index (χ1n) is 7.94. The number of carbonyl (C=O) groups is 1. The number of hydrogen-bond acceptors (Lipinski definition) is 6. The maximum absolute atomic E-state index is 12.1. The lowest BCUT2D eigenvalue weighted by molar-refractivity contribution is -0.0500. The summed E-state index contributed by atoms with van der Waals surface area (Å²) in [6.07, 6.45) is 1.21. The Morgan fingerprint density at radius 2 is 1.85 bits per heavy atom. The molecule has 2 heterocycles. The number of nitrogens with one attached hydrogen (secondary N) is 2. The molecule has 0 saturated heterocycles. The fourth-order valence-corrected chi connectivity index (χ4v) is 2.13. The molecule has 2 N–H and O–H groups in total. The van der Waals surface area contributed by atoms with Crippen molar-refractivity contribution in [2.75, 3.05) is 10.6 Å². The number of benzene rings is 1. The number of carbonyl (C=O) groups excluding carboxylic acids is 1. The Morgan fingerprint density at radius 1 is 1.04 bits per heavy atom. The summed E-state index contributed by atoms with van der Waals surface area (Å²) < 4.78 is 28.4. The number of alkyl halides is 2. The first-order valence-corrected chi connectivity index (χ1v) is 7.94. The highest BCUT2D eigenvalue weighted by molar-refractivity contribution is 6.02. The Bertz CT molecular complexity index is 875. The van der Waals surface area contributed by atoms with Gasteiger partial charge in [-0.2, -0.15) is 8.78 Å². The fourth-order valence-electron chi connectivity index (χ4n) is 2.13. The molecule has 1 aromatic carbocycles. The molecular weight excluding hydrogens is 356 g/mol. The number of rotatable bonds is 7. The monoisotopic (exact) mass is 371 g/mol. The maximum Gasteiger partial charge on any atom is 0.387 e. The van der Waals surface area contributed by atoms with E-state index in [-0.39, 0.29) is 17.4 Å². The molecule has 3 rings (SSSR count). The largest absolute Gasteiger partial charge is 0.433 e. The Balaban J connectivity index is 1.53. The predicted molar refractivity (Wildman–Crippen MR) is 94.6 cm³/mol. The Labute approximate surface area is 153 Å². The number of anilines is 2. The van der Waals surface area contributed by atoms with E-state index in [0.29, 0.717) is 23.7 Å². The molecule has 0 saturated carbocycles. The molecule has 0 bridgehead atoms. The summed E-state index contributed by atoms with van der Waals surface area (Å²) in [5, 5.41) is 13.5. The third-order valence-electron chi connectivity index (χ3n) is 3.40. The minimum Gasteiger partial charge on any atom is -0.433 e. The summed E-state index contributed by atoms with van der Waals surface area (Å²) in [4.78, 5) is 16.1. The van der Waals surface area contributed by atoms with Gasteiger partial charge in [-0.1, -0.05) is 18.2 Å². The number of aromatic nitrogens is 3. The molecule has 0 aliphatic rings. The Morgan fingerprint density at radius 3 is 2.48 bits per heavy atom. The zero-order chi connectivity index (χ0) is 19.1. The van der Waals surface area contributed by atoms with Crippen molar-refractivity contribution < 1.29 is 18.3 Å². The van der Waals surface area contributed by atoms with Gasteiger partial charge >= 0.3 is 6.61 Å². The van der Waals surface area contributed by atoms with Crippen molar-refractivity contribution in [1.29, 1.82) is 0 Å². The van der Waals surface area contributed by atoms with E-state index in [9.17, 15) is 13.6 Å². The van der Waals surface area contributed by atoms with Crippen LogP contribution in [0.15, 0.2) is 60.8 Å². The van der Waals surface area contributed by atoms with Gasteiger partial charge in [0.15, 0.2) is 5.69 Å². The maximum atomic E-state index is 12.1.